The van der Waals surface area contributed by atoms with Gasteiger partial charge in [0.1, 0.15) is 5.60 Å². The molecular formula is C11H15ClOS2. The fourth-order valence-corrected chi connectivity index (χ4v) is 4.93. The molecule has 1 atom stereocenters. The summed E-state index contributed by atoms with van der Waals surface area (Å²) < 4.78 is 0.754. The Labute approximate surface area is 104 Å². The van der Waals surface area contributed by atoms with Crippen LogP contribution in [0.3, 0.4) is 0 Å². The largest absolute Gasteiger partial charge is 0.383 e. The minimum absolute atomic E-state index is 0.0631. The maximum Gasteiger partial charge on any atom is 0.113 e. The van der Waals surface area contributed by atoms with Gasteiger partial charge in [0.15, 0.2) is 0 Å². The molecule has 1 aliphatic rings. The maximum atomic E-state index is 10.8. The van der Waals surface area contributed by atoms with Gasteiger partial charge in [0.2, 0.25) is 0 Å². The van der Waals surface area contributed by atoms with Crippen molar-refractivity contribution in [1.29, 1.82) is 0 Å². The molecule has 0 aromatic carbocycles. The lowest BCUT2D eigenvalue weighted by Crippen LogP contribution is -2.46. The second-order valence-corrected chi connectivity index (χ2v) is 7.47. The lowest BCUT2D eigenvalue weighted by atomic mass is 9.73. The summed E-state index contributed by atoms with van der Waals surface area (Å²) in [5.74, 6) is 1.91. The van der Waals surface area contributed by atoms with Gasteiger partial charge in [-0.2, -0.15) is 11.8 Å². The average molecular weight is 263 g/mol. The number of halogens is 1. The molecule has 1 unspecified atom stereocenters. The van der Waals surface area contributed by atoms with Crippen molar-refractivity contribution in [2.75, 3.05) is 11.5 Å². The number of thiophene rings is 1. The summed E-state index contributed by atoms with van der Waals surface area (Å²) in [4.78, 5) is 1.00. The van der Waals surface area contributed by atoms with Crippen LogP contribution in [0.5, 0.6) is 0 Å². The average Bonchev–Trinajstić information content (AvgIpc) is 2.58. The first-order valence-corrected chi connectivity index (χ1v) is 7.37. The molecule has 1 aromatic rings. The van der Waals surface area contributed by atoms with E-state index in [4.69, 9.17) is 11.6 Å². The van der Waals surface area contributed by atoms with Crippen LogP contribution in [0.1, 0.15) is 25.1 Å². The Kier molecular flexibility index (Phi) is 3.10. The topological polar surface area (TPSA) is 20.2 Å². The molecule has 4 heteroatoms. The van der Waals surface area contributed by atoms with Crippen molar-refractivity contribution >= 4 is 34.7 Å². The normalized spacial score (nSPS) is 30.4. The summed E-state index contributed by atoms with van der Waals surface area (Å²) >= 11 is 9.25. The molecule has 0 radical (unpaired) electrons. The zero-order valence-electron chi connectivity index (χ0n) is 8.92. The van der Waals surface area contributed by atoms with Crippen LogP contribution in [0, 0.1) is 5.41 Å². The van der Waals surface area contributed by atoms with Crippen LogP contribution in [0.2, 0.25) is 4.34 Å². The quantitative estimate of drug-likeness (QED) is 0.832. The van der Waals surface area contributed by atoms with Gasteiger partial charge < -0.3 is 5.11 Å². The fourth-order valence-electron chi connectivity index (χ4n) is 1.89. The van der Waals surface area contributed by atoms with Crippen molar-refractivity contribution in [1.82, 2.24) is 0 Å². The van der Waals surface area contributed by atoms with Gasteiger partial charge in [0.25, 0.3) is 0 Å². The first kappa shape index (κ1) is 11.8. The van der Waals surface area contributed by atoms with Crippen molar-refractivity contribution in [3.05, 3.63) is 21.3 Å². The Balaban J connectivity index is 2.39. The zero-order valence-corrected chi connectivity index (χ0v) is 11.3. The molecule has 0 saturated carbocycles. The number of aliphatic hydroxyl groups is 1. The first-order chi connectivity index (χ1) is 6.96. The highest BCUT2D eigenvalue weighted by Crippen LogP contribution is 2.50. The molecule has 0 aliphatic carbocycles. The van der Waals surface area contributed by atoms with Crippen LogP contribution in [0.25, 0.3) is 0 Å². The smallest absolute Gasteiger partial charge is 0.113 e. The van der Waals surface area contributed by atoms with Crippen LogP contribution < -0.4 is 0 Å². The first-order valence-electron chi connectivity index (χ1n) is 5.02. The molecular weight excluding hydrogens is 248 g/mol. The molecule has 84 valence electrons. The van der Waals surface area contributed by atoms with E-state index in [1.807, 2.05) is 23.9 Å². The van der Waals surface area contributed by atoms with Crippen LogP contribution in [-0.2, 0) is 5.60 Å². The summed E-state index contributed by atoms with van der Waals surface area (Å²) in [6.07, 6.45) is 1.05. The summed E-state index contributed by atoms with van der Waals surface area (Å²) in [7, 11) is 0. The van der Waals surface area contributed by atoms with Crippen molar-refractivity contribution in [3.8, 4) is 0 Å². The van der Waals surface area contributed by atoms with Crippen molar-refractivity contribution in [3.63, 3.8) is 0 Å². The van der Waals surface area contributed by atoms with E-state index >= 15 is 0 Å². The highest BCUT2D eigenvalue weighted by Gasteiger charge is 2.47. The van der Waals surface area contributed by atoms with E-state index in [2.05, 4.69) is 13.8 Å². The molecule has 1 aliphatic heterocycles. The monoisotopic (exact) mass is 262 g/mol. The molecule has 0 spiro atoms. The van der Waals surface area contributed by atoms with E-state index in [-0.39, 0.29) is 5.41 Å². The van der Waals surface area contributed by atoms with Crippen LogP contribution >= 0.6 is 34.7 Å². The Morgan fingerprint density at radius 3 is 2.67 bits per heavy atom. The molecule has 2 rings (SSSR count). The summed E-state index contributed by atoms with van der Waals surface area (Å²) in [5, 5.41) is 10.8. The summed E-state index contributed by atoms with van der Waals surface area (Å²) in [6, 6.07) is 3.83. The highest BCUT2D eigenvalue weighted by molar-refractivity contribution is 7.99. The Morgan fingerprint density at radius 1 is 1.40 bits per heavy atom. The van der Waals surface area contributed by atoms with Crippen LogP contribution in [-0.4, -0.2) is 16.6 Å². The van der Waals surface area contributed by atoms with Crippen molar-refractivity contribution < 1.29 is 5.11 Å². The predicted octanol–water partition coefficient (Wildman–Crippen LogP) is 3.75. The molecule has 1 nitrogen and oxygen atoms in total. The SMILES string of the molecule is CC1(C)CCSCC1(O)c1ccc(Cl)s1. The molecule has 2 heterocycles. The third-order valence-corrected chi connectivity index (χ3v) is 5.78. The molecule has 1 aromatic heterocycles. The number of rotatable bonds is 1. The van der Waals surface area contributed by atoms with Gasteiger partial charge in [-0.25, -0.2) is 0 Å². The van der Waals surface area contributed by atoms with Crippen molar-refractivity contribution in [2.24, 2.45) is 5.41 Å². The van der Waals surface area contributed by atoms with Gasteiger partial charge in [0.05, 0.1) is 4.34 Å². The highest BCUT2D eigenvalue weighted by atomic mass is 35.5. The molecule has 0 amide bonds. The van der Waals surface area contributed by atoms with Gasteiger partial charge in [-0.05, 0) is 24.3 Å². The van der Waals surface area contributed by atoms with Gasteiger partial charge in [-0.3, -0.25) is 0 Å². The standard InChI is InChI=1S/C11H15ClOS2/c1-10(2)5-6-14-7-11(10,13)8-3-4-9(12)15-8/h3-4,13H,5-7H2,1-2H3. The van der Waals surface area contributed by atoms with E-state index in [1.165, 1.54) is 11.3 Å². The van der Waals surface area contributed by atoms with E-state index < -0.39 is 5.60 Å². The summed E-state index contributed by atoms with van der Waals surface area (Å²) in [5.41, 5.74) is -0.778. The molecule has 1 N–H and O–H groups in total. The van der Waals surface area contributed by atoms with E-state index in [0.717, 1.165) is 27.1 Å². The van der Waals surface area contributed by atoms with Gasteiger partial charge in [-0.1, -0.05) is 25.4 Å². The second-order valence-electron chi connectivity index (χ2n) is 4.65. The Bertz CT molecular complexity index is 361. The van der Waals surface area contributed by atoms with Crippen molar-refractivity contribution in [2.45, 2.75) is 25.9 Å². The summed E-state index contributed by atoms with van der Waals surface area (Å²) in [6.45, 7) is 4.28. The molecule has 1 fully saturated rings. The number of hydrogen-bond donors (Lipinski definition) is 1. The van der Waals surface area contributed by atoms with E-state index in [0.29, 0.717) is 0 Å². The van der Waals surface area contributed by atoms with Gasteiger partial charge in [-0.15, -0.1) is 11.3 Å². The lowest BCUT2D eigenvalue weighted by molar-refractivity contribution is -0.0548. The fraction of sp³-hybridized carbons (Fsp3) is 0.636. The minimum atomic E-state index is -0.715. The molecule has 15 heavy (non-hydrogen) atoms. The minimum Gasteiger partial charge on any atom is -0.383 e. The Hall–Kier alpha value is 0.300. The van der Waals surface area contributed by atoms with Gasteiger partial charge in [0, 0.05) is 16.0 Å². The Morgan fingerprint density at radius 2 is 2.13 bits per heavy atom. The van der Waals surface area contributed by atoms with E-state index in [1.54, 1.807) is 0 Å². The third-order valence-electron chi connectivity index (χ3n) is 3.28. The number of thioether (sulfide) groups is 1. The van der Waals surface area contributed by atoms with E-state index in [9.17, 15) is 5.11 Å². The number of hydrogen-bond acceptors (Lipinski definition) is 3. The lowest BCUT2D eigenvalue weighted by Gasteiger charge is -2.45. The van der Waals surface area contributed by atoms with Crippen LogP contribution in [0.15, 0.2) is 12.1 Å². The zero-order chi connectivity index (χ0) is 11.1. The second kappa shape index (κ2) is 3.95. The molecule has 0 bridgehead atoms. The van der Waals surface area contributed by atoms with Crippen LogP contribution in [0.4, 0.5) is 0 Å². The maximum absolute atomic E-state index is 10.8. The third kappa shape index (κ3) is 1.95. The van der Waals surface area contributed by atoms with Gasteiger partial charge >= 0.3 is 0 Å². The predicted molar refractivity (Wildman–Crippen MR) is 68.9 cm³/mol. The molecule has 1 saturated heterocycles.